The second-order valence-corrected chi connectivity index (χ2v) is 7.14. The highest BCUT2D eigenvalue weighted by Gasteiger charge is 2.42. The molecule has 2 aliphatic heterocycles. The summed E-state index contributed by atoms with van der Waals surface area (Å²) >= 11 is 0. The van der Waals surface area contributed by atoms with Crippen molar-refractivity contribution >= 4 is 29.6 Å². The summed E-state index contributed by atoms with van der Waals surface area (Å²) < 4.78 is 10.1. The molecular weight excluding hydrogens is 422 g/mol. The van der Waals surface area contributed by atoms with Crippen molar-refractivity contribution in [2.24, 2.45) is 10.9 Å². The van der Waals surface area contributed by atoms with E-state index in [1.54, 1.807) is 29.7 Å². The molecule has 0 aliphatic carbocycles. The largest absolute Gasteiger partial charge is 0.465 e. The molecule has 2 aliphatic rings. The van der Waals surface area contributed by atoms with Crippen LogP contribution in [0.5, 0.6) is 0 Å². The number of nitrogens with zero attached hydrogens (tertiary/aromatic N) is 4. The molecule has 0 saturated carbocycles. The number of carbonyl (C=O) groups is 3. The molecule has 0 unspecified atom stereocenters. The maximum Gasteiger partial charge on any atom is 0.409 e. The van der Waals surface area contributed by atoms with Gasteiger partial charge in [-0.1, -0.05) is 12.1 Å². The first-order valence-electron chi connectivity index (χ1n) is 10.3. The molecule has 2 atom stereocenters. The van der Waals surface area contributed by atoms with E-state index in [0.717, 1.165) is 0 Å². The van der Waals surface area contributed by atoms with E-state index in [1.165, 1.54) is 18.2 Å². The molecule has 2 amide bonds. The van der Waals surface area contributed by atoms with Crippen molar-refractivity contribution in [1.29, 1.82) is 0 Å². The molecule has 0 radical (unpaired) electrons. The standard InChI is InChI=1S/C20H25N5O7/c1-3-31-18(27)15-16(13-6-5-7-14(12-13)25(29)30)21-19(22-17(15)26)23-8-10-24(11-9-23)20(28)32-4-2/h5-7,12,15-16H,3-4,8-11H2,1-2H3,(H,21,22,26)/t15-,16+/m1/s1. The molecule has 1 fully saturated rings. The number of hydrogen-bond acceptors (Lipinski definition) is 9. The highest BCUT2D eigenvalue weighted by Crippen LogP contribution is 2.32. The van der Waals surface area contributed by atoms with Gasteiger partial charge in [-0.05, 0) is 19.4 Å². The lowest BCUT2D eigenvalue weighted by atomic mass is 9.91. The molecule has 32 heavy (non-hydrogen) atoms. The van der Waals surface area contributed by atoms with E-state index in [9.17, 15) is 24.5 Å². The molecular formula is C20H25N5O7. The zero-order chi connectivity index (χ0) is 23.3. The Labute approximate surface area is 184 Å². The van der Waals surface area contributed by atoms with Crippen LogP contribution in [0.3, 0.4) is 0 Å². The Bertz CT molecular complexity index is 927. The van der Waals surface area contributed by atoms with Crippen LogP contribution in [0.2, 0.25) is 0 Å². The zero-order valence-corrected chi connectivity index (χ0v) is 17.9. The van der Waals surface area contributed by atoms with Crippen LogP contribution in [0.4, 0.5) is 10.5 Å². The SMILES string of the molecule is CCOC(=O)[C@H]1C(=O)NC(N2CCN(C(=O)OCC)CC2)=N[C@H]1c1cccc([N+](=O)[O-])c1. The van der Waals surface area contributed by atoms with Gasteiger partial charge in [0, 0.05) is 38.3 Å². The van der Waals surface area contributed by atoms with Gasteiger partial charge in [-0.2, -0.15) is 0 Å². The van der Waals surface area contributed by atoms with E-state index in [-0.39, 0.29) is 24.9 Å². The quantitative estimate of drug-likeness (QED) is 0.306. The van der Waals surface area contributed by atoms with Gasteiger partial charge >= 0.3 is 12.1 Å². The monoisotopic (exact) mass is 447 g/mol. The molecule has 1 aromatic carbocycles. The first kappa shape index (κ1) is 23.0. The van der Waals surface area contributed by atoms with Crippen LogP contribution in [0, 0.1) is 16.0 Å². The van der Waals surface area contributed by atoms with Crippen LogP contribution in [0.1, 0.15) is 25.5 Å². The van der Waals surface area contributed by atoms with Crippen LogP contribution < -0.4 is 5.32 Å². The van der Waals surface area contributed by atoms with Gasteiger partial charge in [0.2, 0.25) is 11.9 Å². The topological polar surface area (TPSA) is 144 Å². The predicted molar refractivity (Wildman–Crippen MR) is 112 cm³/mol. The van der Waals surface area contributed by atoms with Gasteiger partial charge in [0.1, 0.15) is 6.04 Å². The van der Waals surface area contributed by atoms with Gasteiger partial charge in [0.05, 0.1) is 18.1 Å². The summed E-state index contributed by atoms with van der Waals surface area (Å²) in [5.74, 6) is -2.38. The van der Waals surface area contributed by atoms with Gasteiger partial charge < -0.3 is 19.3 Å². The minimum absolute atomic E-state index is 0.0800. The van der Waals surface area contributed by atoms with E-state index < -0.39 is 34.9 Å². The van der Waals surface area contributed by atoms with Crippen molar-refractivity contribution in [3.8, 4) is 0 Å². The average molecular weight is 447 g/mol. The summed E-state index contributed by atoms with van der Waals surface area (Å²) in [6.07, 6.45) is -0.404. The molecule has 0 spiro atoms. The molecule has 1 N–H and O–H groups in total. The summed E-state index contributed by atoms with van der Waals surface area (Å²) in [6.45, 7) is 5.24. The van der Waals surface area contributed by atoms with E-state index in [1.807, 2.05) is 0 Å². The lowest BCUT2D eigenvalue weighted by Crippen LogP contribution is -2.58. The lowest BCUT2D eigenvalue weighted by Gasteiger charge is -2.38. The maximum atomic E-state index is 12.9. The van der Waals surface area contributed by atoms with E-state index in [0.29, 0.717) is 31.7 Å². The summed E-state index contributed by atoms with van der Waals surface area (Å²) in [5, 5.41) is 13.9. The van der Waals surface area contributed by atoms with Crippen molar-refractivity contribution in [2.45, 2.75) is 19.9 Å². The number of hydrogen-bond donors (Lipinski definition) is 1. The normalized spacial score (nSPS) is 20.8. The fourth-order valence-electron chi connectivity index (χ4n) is 3.60. The minimum Gasteiger partial charge on any atom is -0.465 e. The Morgan fingerprint density at radius 3 is 2.50 bits per heavy atom. The number of ether oxygens (including phenoxy) is 2. The lowest BCUT2D eigenvalue weighted by molar-refractivity contribution is -0.384. The van der Waals surface area contributed by atoms with Crippen molar-refractivity contribution in [1.82, 2.24) is 15.1 Å². The van der Waals surface area contributed by atoms with E-state index in [2.05, 4.69) is 10.3 Å². The summed E-state index contributed by atoms with van der Waals surface area (Å²) in [5.41, 5.74) is 0.186. The molecule has 3 rings (SSSR count). The molecule has 0 bridgehead atoms. The minimum atomic E-state index is -1.28. The third-order valence-corrected chi connectivity index (χ3v) is 5.16. The number of nitro benzene ring substituents is 1. The molecule has 0 aromatic heterocycles. The number of carbonyl (C=O) groups excluding carboxylic acids is 3. The predicted octanol–water partition coefficient (Wildman–Crippen LogP) is 1.08. The molecule has 2 heterocycles. The van der Waals surface area contributed by atoms with E-state index in [4.69, 9.17) is 9.47 Å². The van der Waals surface area contributed by atoms with Gasteiger partial charge in [-0.25, -0.2) is 9.79 Å². The Morgan fingerprint density at radius 2 is 1.88 bits per heavy atom. The van der Waals surface area contributed by atoms with E-state index >= 15 is 0 Å². The molecule has 1 aromatic rings. The molecule has 12 heteroatoms. The number of amides is 2. The number of nitrogens with one attached hydrogen (secondary N) is 1. The van der Waals surface area contributed by atoms with Crippen molar-refractivity contribution < 1.29 is 28.8 Å². The Balaban J connectivity index is 1.88. The Morgan fingerprint density at radius 1 is 1.19 bits per heavy atom. The third kappa shape index (κ3) is 4.95. The maximum absolute atomic E-state index is 12.9. The van der Waals surface area contributed by atoms with Crippen molar-refractivity contribution in [3.05, 3.63) is 39.9 Å². The second kappa shape index (κ2) is 10.1. The molecule has 172 valence electrons. The van der Waals surface area contributed by atoms with Crippen molar-refractivity contribution in [2.75, 3.05) is 39.4 Å². The van der Waals surface area contributed by atoms with Crippen LogP contribution in [0.15, 0.2) is 29.3 Å². The highest BCUT2D eigenvalue weighted by molar-refractivity contribution is 6.08. The van der Waals surface area contributed by atoms with Gasteiger partial charge in [0.25, 0.3) is 5.69 Å². The third-order valence-electron chi connectivity index (χ3n) is 5.16. The number of piperazine rings is 1. The Kier molecular flexibility index (Phi) is 7.23. The number of non-ortho nitro benzene ring substituents is 1. The zero-order valence-electron chi connectivity index (χ0n) is 17.9. The van der Waals surface area contributed by atoms with Gasteiger partial charge in [-0.3, -0.25) is 25.0 Å². The first-order valence-corrected chi connectivity index (χ1v) is 10.3. The number of aliphatic imine (C=N–C) groups is 1. The summed E-state index contributed by atoms with van der Waals surface area (Å²) in [7, 11) is 0. The average Bonchev–Trinajstić information content (AvgIpc) is 2.79. The van der Waals surface area contributed by atoms with Crippen LogP contribution in [-0.4, -0.2) is 78.0 Å². The second-order valence-electron chi connectivity index (χ2n) is 7.14. The van der Waals surface area contributed by atoms with Gasteiger partial charge in [-0.15, -0.1) is 0 Å². The van der Waals surface area contributed by atoms with Crippen molar-refractivity contribution in [3.63, 3.8) is 0 Å². The fourth-order valence-corrected chi connectivity index (χ4v) is 3.60. The summed E-state index contributed by atoms with van der Waals surface area (Å²) in [4.78, 5) is 55.9. The molecule has 12 nitrogen and oxygen atoms in total. The van der Waals surface area contributed by atoms with Crippen LogP contribution in [0.25, 0.3) is 0 Å². The van der Waals surface area contributed by atoms with Crippen LogP contribution in [-0.2, 0) is 19.1 Å². The summed E-state index contributed by atoms with van der Waals surface area (Å²) in [6, 6.07) is 4.71. The Hall–Kier alpha value is -3.70. The number of rotatable bonds is 5. The number of guanidine groups is 1. The van der Waals surface area contributed by atoms with Gasteiger partial charge in [0.15, 0.2) is 5.92 Å². The molecule has 1 saturated heterocycles. The number of esters is 1. The smallest absolute Gasteiger partial charge is 0.409 e. The van der Waals surface area contributed by atoms with Crippen LogP contribution >= 0.6 is 0 Å². The number of nitro groups is 1. The first-order chi connectivity index (χ1) is 15.3. The fraction of sp³-hybridized carbons (Fsp3) is 0.500. The highest BCUT2D eigenvalue weighted by atomic mass is 16.6. The number of benzene rings is 1.